The van der Waals surface area contributed by atoms with Gasteiger partial charge in [-0.3, -0.25) is 0 Å². The molecule has 4 heteroatoms. The van der Waals surface area contributed by atoms with Crippen LogP contribution >= 0.6 is 0 Å². The summed E-state index contributed by atoms with van der Waals surface area (Å²) >= 11 is 0. The van der Waals surface area contributed by atoms with E-state index < -0.39 is 0 Å². The molecule has 1 heterocycles. The Morgan fingerprint density at radius 2 is 2.39 bits per heavy atom. The fourth-order valence-electron chi connectivity index (χ4n) is 2.05. The van der Waals surface area contributed by atoms with Gasteiger partial charge in [-0.05, 0) is 37.6 Å². The molecule has 0 saturated carbocycles. The Morgan fingerprint density at radius 1 is 1.50 bits per heavy atom. The zero-order valence-electron chi connectivity index (χ0n) is 10.7. The Bertz CT molecular complexity index is 378. The van der Waals surface area contributed by atoms with Crippen molar-refractivity contribution >= 4 is 0 Å². The normalized spacial score (nSPS) is 19.1. The lowest BCUT2D eigenvalue weighted by molar-refractivity contribution is 0.0675. The monoisotopic (exact) mass is 253 g/mol. The highest BCUT2D eigenvalue weighted by Crippen LogP contribution is 2.21. The molecule has 0 aliphatic carbocycles. The van der Waals surface area contributed by atoms with Crippen molar-refractivity contribution in [2.24, 2.45) is 0 Å². The third-order valence-electron chi connectivity index (χ3n) is 3.04. The minimum atomic E-state index is -0.229. The van der Waals surface area contributed by atoms with E-state index in [2.05, 4.69) is 5.32 Å². The van der Waals surface area contributed by atoms with Gasteiger partial charge >= 0.3 is 0 Å². The van der Waals surface area contributed by atoms with Crippen LogP contribution in [0.25, 0.3) is 0 Å². The highest BCUT2D eigenvalue weighted by Gasteiger charge is 2.16. The molecular formula is C14H20FNO2. The van der Waals surface area contributed by atoms with Crippen LogP contribution in [0.4, 0.5) is 4.39 Å². The molecule has 1 aromatic rings. The largest absolute Gasteiger partial charge is 0.491 e. The van der Waals surface area contributed by atoms with Crippen molar-refractivity contribution in [3.8, 4) is 5.75 Å². The van der Waals surface area contributed by atoms with Gasteiger partial charge in [0.1, 0.15) is 18.2 Å². The van der Waals surface area contributed by atoms with E-state index in [9.17, 15) is 4.39 Å². The maximum Gasteiger partial charge on any atom is 0.124 e. The van der Waals surface area contributed by atoms with Crippen LogP contribution in [0.1, 0.15) is 25.3 Å². The topological polar surface area (TPSA) is 30.5 Å². The van der Waals surface area contributed by atoms with Crippen molar-refractivity contribution in [3.63, 3.8) is 0 Å². The molecule has 1 aliphatic heterocycles. The second-order valence-electron chi connectivity index (χ2n) is 4.48. The summed E-state index contributed by atoms with van der Waals surface area (Å²) in [6.07, 6.45) is 2.33. The first-order valence-electron chi connectivity index (χ1n) is 6.53. The summed E-state index contributed by atoms with van der Waals surface area (Å²) in [6.45, 7) is 4.86. The molecule has 0 aromatic heterocycles. The van der Waals surface area contributed by atoms with Crippen LogP contribution in [0.15, 0.2) is 18.2 Å². The summed E-state index contributed by atoms with van der Waals surface area (Å²) < 4.78 is 24.5. The lowest BCUT2D eigenvalue weighted by Gasteiger charge is -2.15. The number of halogens is 1. The quantitative estimate of drug-likeness (QED) is 0.845. The van der Waals surface area contributed by atoms with Gasteiger partial charge in [-0.25, -0.2) is 4.39 Å². The molecule has 1 unspecified atom stereocenters. The summed E-state index contributed by atoms with van der Waals surface area (Å²) in [6, 6.07) is 4.64. The second kappa shape index (κ2) is 6.71. The van der Waals surface area contributed by atoms with E-state index >= 15 is 0 Å². The lowest BCUT2D eigenvalue weighted by atomic mass is 10.2. The molecule has 1 fully saturated rings. The van der Waals surface area contributed by atoms with Crippen molar-refractivity contribution in [1.29, 1.82) is 0 Å². The fourth-order valence-corrected chi connectivity index (χ4v) is 2.05. The molecule has 1 atom stereocenters. The molecule has 0 radical (unpaired) electrons. The summed E-state index contributed by atoms with van der Waals surface area (Å²) in [4.78, 5) is 0. The maximum atomic E-state index is 13.2. The molecule has 1 N–H and O–H groups in total. The number of hydrogen-bond acceptors (Lipinski definition) is 3. The van der Waals surface area contributed by atoms with E-state index in [1.54, 1.807) is 6.07 Å². The highest BCUT2D eigenvalue weighted by molar-refractivity contribution is 5.34. The molecule has 1 aliphatic rings. The molecule has 0 bridgehead atoms. The molecule has 0 amide bonds. The Labute approximate surface area is 107 Å². The van der Waals surface area contributed by atoms with Crippen LogP contribution in [0.2, 0.25) is 0 Å². The van der Waals surface area contributed by atoms with Gasteiger partial charge in [-0.15, -0.1) is 0 Å². The Balaban J connectivity index is 1.96. The Kier molecular flexibility index (Phi) is 4.96. The first kappa shape index (κ1) is 13.3. The van der Waals surface area contributed by atoms with Crippen LogP contribution in [0.3, 0.4) is 0 Å². The van der Waals surface area contributed by atoms with Crippen molar-refractivity contribution in [2.45, 2.75) is 32.4 Å². The van der Waals surface area contributed by atoms with Crippen LogP contribution in [0.5, 0.6) is 5.75 Å². The molecule has 0 spiro atoms. The molecule has 1 saturated heterocycles. The third kappa shape index (κ3) is 3.68. The first-order chi connectivity index (χ1) is 8.79. The van der Waals surface area contributed by atoms with Gasteiger partial charge in [-0.1, -0.05) is 6.92 Å². The summed E-state index contributed by atoms with van der Waals surface area (Å²) in [7, 11) is 0. The molecule has 18 heavy (non-hydrogen) atoms. The van der Waals surface area contributed by atoms with Gasteiger partial charge in [0, 0.05) is 18.7 Å². The lowest BCUT2D eigenvalue weighted by Crippen LogP contribution is -2.18. The number of ether oxygens (including phenoxy) is 2. The van der Waals surface area contributed by atoms with Gasteiger partial charge in [-0.2, -0.15) is 0 Å². The number of benzene rings is 1. The van der Waals surface area contributed by atoms with E-state index in [0.717, 1.165) is 37.3 Å². The minimum absolute atomic E-state index is 0.182. The molecule has 3 nitrogen and oxygen atoms in total. The second-order valence-corrected chi connectivity index (χ2v) is 4.48. The van der Waals surface area contributed by atoms with Gasteiger partial charge in [0.05, 0.1) is 6.10 Å². The van der Waals surface area contributed by atoms with Crippen molar-refractivity contribution < 1.29 is 13.9 Å². The first-order valence-corrected chi connectivity index (χ1v) is 6.53. The average molecular weight is 253 g/mol. The maximum absolute atomic E-state index is 13.2. The van der Waals surface area contributed by atoms with E-state index in [4.69, 9.17) is 9.47 Å². The Morgan fingerprint density at radius 3 is 3.11 bits per heavy atom. The molecule has 2 rings (SSSR count). The molecular weight excluding hydrogens is 233 g/mol. The van der Waals surface area contributed by atoms with Crippen molar-refractivity contribution in [3.05, 3.63) is 29.6 Å². The zero-order valence-corrected chi connectivity index (χ0v) is 10.7. The predicted octanol–water partition coefficient (Wildman–Crippen LogP) is 2.49. The van der Waals surface area contributed by atoms with Crippen LogP contribution in [-0.4, -0.2) is 25.9 Å². The summed E-state index contributed by atoms with van der Waals surface area (Å²) in [5, 5.41) is 3.18. The predicted molar refractivity (Wildman–Crippen MR) is 68.2 cm³/mol. The standard InChI is InChI=1S/C14H20FNO2/c1-2-16-9-11-8-12(15)5-6-14(11)18-10-13-4-3-7-17-13/h5-6,8,13,16H,2-4,7,9-10H2,1H3. The minimum Gasteiger partial charge on any atom is -0.491 e. The van der Waals surface area contributed by atoms with Crippen molar-refractivity contribution in [2.75, 3.05) is 19.8 Å². The summed E-state index contributed by atoms with van der Waals surface area (Å²) in [5.74, 6) is 0.514. The van der Waals surface area contributed by atoms with Gasteiger partial charge in [0.2, 0.25) is 0 Å². The van der Waals surface area contributed by atoms with Crippen LogP contribution in [-0.2, 0) is 11.3 Å². The van der Waals surface area contributed by atoms with Gasteiger partial charge < -0.3 is 14.8 Å². The number of nitrogens with one attached hydrogen (secondary N) is 1. The smallest absolute Gasteiger partial charge is 0.124 e. The van der Waals surface area contributed by atoms with Gasteiger partial charge in [0.25, 0.3) is 0 Å². The van der Waals surface area contributed by atoms with Crippen LogP contribution < -0.4 is 10.1 Å². The van der Waals surface area contributed by atoms with E-state index in [1.807, 2.05) is 6.92 Å². The SMILES string of the molecule is CCNCc1cc(F)ccc1OCC1CCCO1. The van der Waals surface area contributed by atoms with Crippen molar-refractivity contribution in [1.82, 2.24) is 5.32 Å². The zero-order chi connectivity index (χ0) is 12.8. The van der Waals surface area contributed by atoms with E-state index in [0.29, 0.717) is 13.2 Å². The van der Waals surface area contributed by atoms with E-state index in [-0.39, 0.29) is 11.9 Å². The third-order valence-corrected chi connectivity index (χ3v) is 3.04. The number of hydrogen-bond donors (Lipinski definition) is 1. The molecule has 1 aromatic carbocycles. The van der Waals surface area contributed by atoms with Gasteiger partial charge in [0.15, 0.2) is 0 Å². The fraction of sp³-hybridized carbons (Fsp3) is 0.571. The number of rotatable bonds is 6. The highest BCUT2D eigenvalue weighted by atomic mass is 19.1. The van der Waals surface area contributed by atoms with Crippen LogP contribution in [0, 0.1) is 5.82 Å². The average Bonchev–Trinajstić information content (AvgIpc) is 2.88. The van der Waals surface area contributed by atoms with E-state index in [1.165, 1.54) is 12.1 Å². The summed E-state index contributed by atoms with van der Waals surface area (Å²) in [5.41, 5.74) is 0.856. The molecule has 100 valence electrons. The Hall–Kier alpha value is -1.13.